The highest BCUT2D eigenvalue weighted by Crippen LogP contribution is 2.30. The van der Waals surface area contributed by atoms with Gasteiger partial charge in [0, 0.05) is 16.9 Å². The summed E-state index contributed by atoms with van der Waals surface area (Å²) in [4.78, 5) is 42.9. The van der Waals surface area contributed by atoms with Crippen LogP contribution >= 0.6 is 0 Å². The van der Waals surface area contributed by atoms with E-state index in [0.29, 0.717) is 29.2 Å². The molecule has 2 aromatic heterocycles. The largest absolute Gasteiger partial charge is 0.416 e. The van der Waals surface area contributed by atoms with E-state index in [1.54, 1.807) is 31.2 Å². The first-order valence-corrected chi connectivity index (χ1v) is 11.5. The molecule has 0 aliphatic carbocycles. The van der Waals surface area contributed by atoms with Gasteiger partial charge in [0.25, 0.3) is 5.56 Å². The van der Waals surface area contributed by atoms with Crippen LogP contribution in [0.25, 0.3) is 16.9 Å². The van der Waals surface area contributed by atoms with Crippen LogP contribution in [0, 0.1) is 6.92 Å². The Hall–Kier alpha value is -4.74. The van der Waals surface area contributed by atoms with Crippen molar-refractivity contribution in [2.24, 2.45) is 0 Å². The summed E-state index contributed by atoms with van der Waals surface area (Å²) in [5.41, 5.74) is 0.409. The van der Waals surface area contributed by atoms with E-state index in [4.69, 9.17) is 0 Å². The maximum Gasteiger partial charge on any atom is 0.416 e. The van der Waals surface area contributed by atoms with E-state index in [9.17, 15) is 27.6 Å². The van der Waals surface area contributed by atoms with Gasteiger partial charge in [-0.05, 0) is 49.8 Å². The van der Waals surface area contributed by atoms with E-state index in [2.05, 4.69) is 27.3 Å². The Labute approximate surface area is 214 Å². The summed E-state index contributed by atoms with van der Waals surface area (Å²) in [5.74, 6) is -0.529. The van der Waals surface area contributed by atoms with Gasteiger partial charge in [-0.15, -0.1) is 5.10 Å². The van der Waals surface area contributed by atoms with E-state index in [1.165, 1.54) is 4.57 Å². The van der Waals surface area contributed by atoms with Gasteiger partial charge in [0.2, 0.25) is 17.6 Å². The van der Waals surface area contributed by atoms with E-state index in [0.717, 1.165) is 34.9 Å². The van der Waals surface area contributed by atoms with Crippen LogP contribution < -0.4 is 16.2 Å². The number of benzene rings is 2. The lowest BCUT2D eigenvalue weighted by Gasteiger charge is -2.13. The van der Waals surface area contributed by atoms with Gasteiger partial charge in [0.15, 0.2) is 0 Å². The smallest absolute Gasteiger partial charge is 0.325 e. The maximum absolute atomic E-state index is 13.6. The van der Waals surface area contributed by atoms with Crippen molar-refractivity contribution in [2.45, 2.75) is 33.0 Å². The quantitative estimate of drug-likeness (QED) is 0.352. The number of para-hydroxylation sites is 1. The summed E-state index contributed by atoms with van der Waals surface area (Å²) < 4.78 is 40.9. The van der Waals surface area contributed by atoms with Gasteiger partial charge in [-0.3, -0.25) is 19.0 Å². The third-order valence-electron chi connectivity index (χ3n) is 5.77. The number of alkyl halides is 3. The van der Waals surface area contributed by atoms with Crippen molar-refractivity contribution in [1.82, 2.24) is 19.2 Å². The number of halogens is 3. The molecular weight excluding hydrogens is 501 g/mol. The van der Waals surface area contributed by atoms with Crippen molar-refractivity contribution in [3.63, 3.8) is 0 Å². The molecule has 0 spiro atoms. The summed E-state index contributed by atoms with van der Waals surface area (Å²) in [7, 11) is 0. The number of carbonyl (C=O) groups is 2. The first kappa shape index (κ1) is 26.3. The van der Waals surface area contributed by atoms with Crippen LogP contribution in [0.5, 0.6) is 0 Å². The molecule has 0 bridgehead atoms. The Bertz CT molecular complexity index is 1600. The van der Waals surface area contributed by atoms with Crippen LogP contribution in [-0.2, 0) is 28.7 Å². The molecule has 0 atom stereocenters. The number of aromatic nitrogens is 4. The SMILES string of the molecule is C=CC(=O)Nc1ccccc1-c1c(CC)nc2n(CC(=O)Nc3ccc(C(F)(F)F)cc3)c(C)nn2c1=O. The number of amides is 2. The Morgan fingerprint density at radius 1 is 1.08 bits per heavy atom. The second-order valence-corrected chi connectivity index (χ2v) is 8.30. The number of hydrogen-bond donors (Lipinski definition) is 2. The van der Waals surface area contributed by atoms with Crippen LogP contribution in [-0.4, -0.2) is 31.0 Å². The van der Waals surface area contributed by atoms with Gasteiger partial charge in [0.05, 0.1) is 16.8 Å². The summed E-state index contributed by atoms with van der Waals surface area (Å²) in [6.45, 7) is 6.58. The zero-order valence-corrected chi connectivity index (χ0v) is 20.5. The zero-order chi connectivity index (χ0) is 27.6. The number of rotatable bonds is 7. The fourth-order valence-corrected chi connectivity index (χ4v) is 3.94. The summed E-state index contributed by atoms with van der Waals surface area (Å²) >= 11 is 0. The second-order valence-electron chi connectivity index (χ2n) is 8.30. The number of nitrogens with zero attached hydrogens (tertiary/aromatic N) is 4. The molecule has 4 aromatic rings. The molecule has 0 aliphatic rings. The first-order chi connectivity index (χ1) is 18.0. The standard InChI is InChI=1S/C26H23F3N6O3/c1-4-19-23(18-8-6-7-9-20(18)31-21(36)5-2)24(38)35-25(32-19)34(15(3)33-35)14-22(37)30-17-12-10-16(11-13-17)26(27,28)29/h5-13H,2,4,14H2,1,3H3,(H,30,37)(H,31,36). The minimum absolute atomic E-state index is 0.128. The maximum atomic E-state index is 13.6. The van der Waals surface area contributed by atoms with Crippen LogP contribution in [0.4, 0.5) is 24.5 Å². The molecule has 0 saturated heterocycles. The Morgan fingerprint density at radius 2 is 1.76 bits per heavy atom. The Morgan fingerprint density at radius 3 is 2.39 bits per heavy atom. The molecule has 0 unspecified atom stereocenters. The summed E-state index contributed by atoms with van der Waals surface area (Å²) in [5, 5.41) is 9.51. The Balaban J connectivity index is 1.70. The predicted octanol–water partition coefficient (Wildman–Crippen LogP) is 4.21. The molecule has 12 heteroatoms. The highest BCUT2D eigenvalue weighted by molar-refractivity contribution is 6.01. The topological polar surface area (TPSA) is 110 Å². The second kappa shape index (κ2) is 10.3. The molecule has 4 rings (SSSR count). The zero-order valence-electron chi connectivity index (χ0n) is 20.5. The molecule has 0 fully saturated rings. The van der Waals surface area contributed by atoms with Gasteiger partial charge < -0.3 is 10.6 Å². The van der Waals surface area contributed by atoms with Crippen molar-refractivity contribution in [3.05, 3.63) is 88.6 Å². The molecule has 2 amide bonds. The normalized spacial score (nSPS) is 11.4. The minimum Gasteiger partial charge on any atom is -0.325 e. The monoisotopic (exact) mass is 524 g/mol. The van der Waals surface area contributed by atoms with Crippen molar-refractivity contribution >= 4 is 29.0 Å². The molecule has 9 nitrogen and oxygen atoms in total. The number of aryl methyl sites for hydroxylation is 2. The van der Waals surface area contributed by atoms with Crippen LogP contribution in [0.3, 0.4) is 0 Å². The number of anilines is 2. The van der Waals surface area contributed by atoms with E-state index in [1.807, 2.05) is 6.92 Å². The molecular formula is C26H23F3N6O3. The van der Waals surface area contributed by atoms with Crippen LogP contribution in [0.1, 0.15) is 24.0 Å². The lowest BCUT2D eigenvalue weighted by molar-refractivity contribution is -0.137. The molecule has 38 heavy (non-hydrogen) atoms. The fraction of sp³-hybridized carbons (Fsp3) is 0.192. The molecule has 196 valence electrons. The highest BCUT2D eigenvalue weighted by atomic mass is 19.4. The predicted molar refractivity (Wildman–Crippen MR) is 136 cm³/mol. The van der Waals surface area contributed by atoms with E-state index >= 15 is 0 Å². The molecule has 0 saturated carbocycles. The van der Waals surface area contributed by atoms with E-state index in [-0.39, 0.29) is 23.6 Å². The molecule has 2 N–H and O–H groups in total. The average Bonchev–Trinajstić information content (AvgIpc) is 3.19. The van der Waals surface area contributed by atoms with Crippen LogP contribution in [0.2, 0.25) is 0 Å². The van der Waals surface area contributed by atoms with Crippen molar-refractivity contribution in [2.75, 3.05) is 10.6 Å². The van der Waals surface area contributed by atoms with Gasteiger partial charge in [-0.1, -0.05) is 31.7 Å². The lowest BCUT2D eigenvalue weighted by atomic mass is 10.0. The van der Waals surface area contributed by atoms with Crippen molar-refractivity contribution in [3.8, 4) is 11.1 Å². The van der Waals surface area contributed by atoms with E-state index < -0.39 is 29.1 Å². The lowest BCUT2D eigenvalue weighted by Crippen LogP contribution is -2.23. The molecule has 0 aliphatic heterocycles. The van der Waals surface area contributed by atoms with Gasteiger partial charge in [0.1, 0.15) is 12.4 Å². The average molecular weight is 525 g/mol. The minimum atomic E-state index is -4.48. The third kappa shape index (κ3) is 5.19. The summed E-state index contributed by atoms with van der Waals surface area (Å²) in [6.07, 6.45) is -3.00. The number of hydrogen-bond acceptors (Lipinski definition) is 5. The third-order valence-corrected chi connectivity index (χ3v) is 5.77. The molecule has 2 heterocycles. The molecule has 2 aromatic carbocycles. The Kier molecular flexibility index (Phi) is 7.15. The highest BCUT2D eigenvalue weighted by Gasteiger charge is 2.30. The fourth-order valence-electron chi connectivity index (χ4n) is 3.94. The number of carbonyl (C=O) groups excluding carboxylic acids is 2. The number of fused-ring (bicyclic) bond motifs is 1. The molecule has 0 radical (unpaired) electrons. The summed E-state index contributed by atoms with van der Waals surface area (Å²) in [6, 6.07) is 10.8. The van der Waals surface area contributed by atoms with Crippen molar-refractivity contribution < 1.29 is 22.8 Å². The number of nitrogens with one attached hydrogen (secondary N) is 2. The van der Waals surface area contributed by atoms with Crippen LogP contribution in [0.15, 0.2) is 66.0 Å². The first-order valence-electron chi connectivity index (χ1n) is 11.5. The van der Waals surface area contributed by atoms with Crippen molar-refractivity contribution in [1.29, 1.82) is 0 Å². The van der Waals surface area contributed by atoms with Gasteiger partial charge in [-0.2, -0.15) is 17.7 Å². The van der Waals surface area contributed by atoms with Gasteiger partial charge >= 0.3 is 6.18 Å². The van der Waals surface area contributed by atoms with Gasteiger partial charge in [-0.25, -0.2) is 4.98 Å².